The second kappa shape index (κ2) is 11.6. The molecule has 31 heavy (non-hydrogen) atoms. The van der Waals surface area contributed by atoms with Crippen molar-refractivity contribution < 1.29 is 0 Å². The van der Waals surface area contributed by atoms with Crippen LogP contribution in [-0.2, 0) is 0 Å². The van der Waals surface area contributed by atoms with Gasteiger partial charge in [0.15, 0.2) is 0 Å². The smallest absolute Gasteiger partial charge is 0.0433 e. The van der Waals surface area contributed by atoms with Crippen molar-refractivity contribution in [2.45, 2.75) is 91.9 Å². The summed E-state index contributed by atoms with van der Waals surface area (Å²) in [5.74, 6) is 2.16. The van der Waals surface area contributed by atoms with Crippen LogP contribution in [0, 0.1) is 0 Å². The number of nitrogens with zero attached hydrogens (tertiary/aromatic N) is 1. The minimum Gasteiger partial charge on any atom is -0.385 e. The number of rotatable bonds is 11. The van der Waals surface area contributed by atoms with E-state index in [1.165, 1.54) is 46.5 Å². The Morgan fingerprint density at radius 1 is 0.645 bits per heavy atom. The molecule has 0 heterocycles. The number of hydrogen-bond donors (Lipinski definition) is 1. The zero-order valence-corrected chi connectivity index (χ0v) is 21.5. The summed E-state index contributed by atoms with van der Waals surface area (Å²) in [6.07, 6.45) is 2.36. The highest BCUT2D eigenvalue weighted by Crippen LogP contribution is 2.35. The van der Waals surface area contributed by atoms with Crippen LogP contribution < -0.4 is 10.2 Å². The Kier molecular flexibility index (Phi) is 9.47. The lowest BCUT2D eigenvalue weighted by Gasteiger charge is -2.28. The fourth-order valence-corrected chi connectivity index (χ4v) is 4.51. The molecular formula is C29H46N2. The van der Waals surface area contributed by atoms with Gasteiger partial charge in [0, 0.05) is 31.5 Å². The molecule has 0 aliphatic heterocycles. The van der Waals surface area contributed by atoms with Crippen LogP contribution in [0.5, 0.6) is 0 Å². The van der Waals surface area contributed by atoms with E-state index >= 15 is 0 Å². The molecule has 2 heteroatoms. The Balaban J connectivity index is 2.03. The van der Waals surface area contributed by atoms with Crippen LogP contribution in [0.15, 0.2) is 36.4 Å². The molecule has 172 valence electrons. The monoisotopic (exact) mass is 422 g/mol. The largest absolute Gasteiger partial charge is 0.385 e. The molecule has 0 radical (unpaired) electrons. The van der Waals surface area contributed by atoms with Gasteiger partial charge in [-0.15, -0.1) is 0 Å². The van der Waals surface area contributed by atoms with Crippen molar-refractivity contribution in [2.75, 3.05) is 30.4 Å². The number of unbranched alkanes of at least 4 members (excludes halogenated alkanes) is 1. The highest BCUT2D eigenvalue weighted by Gasteiger charge is 2.17. The van der Waals surface area contributed by atoms with Crippen LogP contribution in [-0.4, -0.2) is 20.1 Å². The molecule has 0 amide bonds. The van der Waals surface area contributed by atoms with Gasteiger partial charge in [-0.05, 0) is 58.8 Å². The number of para-hydroxylation sites is 2. The average Bonchev–Trinajstić information content (AvgIpc) is 2.72. The highest BCUT2D eigenvalue weighted by molar-refractivity contribution is 5.62. The van der Waals surface area contributed by atoms with Crippen LogP contribution in [0.2, 0.25) is 0 Å². The molecule has 2 aromatic carbocycles. The first-order valence-electron chi connectivity index (χ1n) is 12.4. The Bertz CT molecular complexity index is 765. The molecule has 0 spiro atoms. The van der Waals surface area contributed by atoms with E-state index in [-0.39, 0.29) is 0 Å². The molecule has 2 rings (SSSR count). The molecule has 0 saturated heterocycles. The summed E-state index contributed by atoms with van der Waals surface area (Å²) in [4.78, 5) is 2.49. The lowest BCUT2D eigenvalue weighted by atomic mass is 9.92. The fraction of sp³-hybridized carbons (Fsp3) is 0.586. The minimum absolute atomic E-state index is 0.536. The summed E-state index contributed by atoms with van der Waals surface area (Å²) in [5.41, 5.74) is 8.64. The van der Waals surface area contributed by atoms with E-state index in [2.05, 4.69) is 109 Å². The minimum atomic E-state index is 0.536. The standard InChI is InChI=1S/C29H46N2/c1-20(2)24-14-12-15-25(21(3)4)28(24)30-18-10-11-19-31(9)29-26(22(5)6)16-13-17-27(29)23(7)8/h12-17,20-23,30H,10-11,18-19H2,1-9H3. The first-order chi connectivity index (χ1) is 14.6. The van der Waals surface area contributed by atoms with Crippen molar-refractivity contribution in [2.24, 2.45) is 0 Å². The number of benzene rings is 2. The summed E-state index contributed by atoms with van der Waals surface area (Å²) in [6, 6.07) is 13.6. The maximum absolute atomic E-state index is 3.80. The van der Waals surface area contributed by atoms with Crippen molar-refractivity contribution in [1.29, 1.82) is 0 Å². The molecular weight excluding hydrogens is 376 g/mol. The van der Waals surface area contributed by atoms with E-state index in [0.29, 0.717) is 23.7 Å². The van der Waals surface area contributed by atoms with E-state index in [9.17, 15) is 0 Å². The van der Waals surface area contributed by atoms with Gasteiger partial charge in [-0.1, -0.05) is 91.8 Å². The van der Waals surface area contributed by atoms with Crippen molar-refractivity contribution in [3.63, 3.8) is 0 Å². The molecule has 0 unspecified atom stereocenters. The summed E-state index contributed by atoms with van der Waals surface area (Å²) in [6.45, 7) is 20.5. The van der Waals surface area contributed by atoms with Crippen LogP contribution in [0.25, 0.3) is 0 Å². The third kappa shape index (κ3) is 6.51. The van der Waals surface area contributed by atoms with Crippen molar-refractivity contribution in [3.8, 4) is 0 Å². The molecule has 2 aromatic rings. The summed E-state index contributed by atoms with van der Waals surface area (Å²) >= 11 is 0. The topological polar surface area (TPSA) is 15.3 Å². The maximum atomic E-state index is 3.80. The molecule has 0 fully saturated rings. The number of hydrogen-bond acceptors (Lipinski definition) is 2. The summed E-state index contributed by atoms with van der Waals surface area (Å²) in [5, 5.41) is 3.80. The first-order valence-corrected chi connectivity index (χ1v) is 12.4. The SMILES string of the molecule is CC(C)c1cccc(C(C)C)c1NCCCCN(C)c1c(C(C)C)cccc1C(C)C. The van der Waals surface area contributed by atoms with Gasteiger partial charge in [-0.3, -0.25) is 0 Å². The van der Waals surface area contributed by atoms with Gasteiger partial charge in [0.2, 0.25) is 0 Å². The van der Waals surface area contributed by atoms with Crippen LogP contribution in [0.3, 0.4) is 0 Å². The highest BCUT2D eigenvalue weighted by atomic mass is 15.1. The quantitative estimate of drug-likeness (QED) is 0.365. The van der Waals surface area contributed by atoms with Crippen LogP contribution >= 0.6 is 0 Å². The Morgan fingerprint density at radius 3 is 1.48 bits per heavy atom. The second-order valence-corrected chi connectivity index (χ2v) is 10.3. The van der Waals surface area contributed by atoms with Gasteiger partial charge in [0.25, 0.3) is 0 Å². The van der Waals surface area contributed by atoms with E-state index < -0.39 is 0 Å². The molecule has 2 nitrogen and oxygen atoms in total. The number of anilines is 2. The first kappa shape index (κ1) is 25.3. The summed E-state index contributed by atoms with van der Waals surface area (Å²) < 4.78 is 0. The van der Waals surface area contributed by atoms with Gasteiger partial charge in [0.05, 0.1) is 0 Å². The third-order valence-corrected chi connectivity index (χ3v) is 6.32. The lowest BCUT2D eigenvalue weighted by molar-refractivity contribution is 0.725. The van der Waals surface area contributed by atoms with E-state index in [4.69, 9.17) is 0 Å². The van der Waals surface area contributed by atoms with Crippen molar-refractivity contribution >= 4 is 11.4 Å². The van der Waals surface area contributed by atoms with Gasteiger partial charge >= 0.3 is 0 Å². The molecule has 1 N–H and O–H groups in total. The average molecular weight is 423 g/mol. The van der Waals surface area contributed by atoms with E-state index in [0.717, 1.165) is 13.1 Å². The van der Waals surface area contributed by atoms with Gasteiger partial charge < -0.3 is 10.2 Å². The maximum Gasteiger partial charge on any atom is 0.0433 e. The predicted octanol–water partition coefficient (Wildman–Crippen LogP) is 8.51. The molecule has 0 aromatic heterocycles. The molecule has 0 saturated carbocycles. The van der Waals surface area contributed by atoms with Gasteiger partial charge in [0.1, 0.15) is 0 Å². The van der Waals surface area contributed by atoms with Crippen molar-refractivity contribution in [1.82, 2.24) is 0 Å². The lowest BCUT2D eigenvalue weighted by Crippen LogP contribution is -2.23. The zero-order valence-electron chi connectivity index (χ0n) is 21.5. The van der Waals surface area contributed by atoms with Gasteiger partial charge in [-0.25, -0.2) is 0 Å². The van der Waals surface area contributed by atoms with E-state index in [1.807, 2.05) is 0 Å². The molecule has 0 bridgehead atoms. The predicted molar refractivity (Wildman–Crippen MR) is 140 cm³/mol. The molecule has 0 atom stereocenters. The summed E-state index contributed by atoms with van der Waals surface area (Å²) in [7, 11) is 2.27. The van der Waals surface area contributed by atoms with Crippen LogP contribution in [0.4, 0.5) is 11.4 Å². The fourth-order valence-electron chi connectivity index (χ4n) is 4.51. The zero-order chi connectivity index (χ0) is 23.1. The van der Waals surface area contributed by atoms with Gasteiger partial charge in [-0.2, -0.15) is 0 Å². The normalized spacial score (nSPS) is 11.8. The number of nitrogens with one attached hydrogen (secondary N) is 1. The van der Waals surface area contributed by atoms with Crippen molar-refractivity contribution in [3.05, 3.63) is 58.7 Å². The Labute approximate surface area is 192 Å². The molecule has 0 aliphatic carbocycles. The van der Waals surface area contributed by atoms with Crippen LogP contribution in [0.1, 0.15) is 114 Å². The Morgan fingerprint density at radius 2 is 1.06 bits per heavy atom. The van der Waals surface area contributed by atoms with E-state index in [1.54, 1.807) is 0 Å². The third-order valence-electron chi connectivity index (χ3n) is 6.32. The Hall–Kier alpha value is -1.96. The molecule has 0 aliphatic rings. The second-order valence-electron chi connectivity index (χ2n) is 10.3.